The third-order valence-electron chi connectivity index (χ3n) is 4.67. The predicted molar refractivity (Wildman–Crippen MR) is 96.1 cm³/mol. The van der Waals surface area contributed by atoms with Crippen molar-refractivity contribution in [2.45, 2.75) is 25.3 Å². The molecule has 1 aromatic carbocycles. The van der Waals surface area contributed by atoms with Crippen LogP contribution in [0, 0.1) is 0 Å². The van der Waals surface area contributed by atoms with Crippen LogP contribution < -0.4 is 0 Å². The highest BCUT2D eigenvalue weighted by Crippen LogP contribution is 2.17. The lowest BCUT2D eigenvalue weighted by Gasteiger charge is -2.29. The van der Waals surface area contributed by atoms with Gasteiger partial charge in [0, 0.05) is 31.9 Å². The van der Waals surface area contributed by atoms with Gasteiger partial charge in [0.15, 0.2) is 0 Å². The van der Waals surface area contributed by atoms with E-state index in [0.29, 0.717) is 18.8 Å². The standard InChI is InChI=1S/C20H23N3O2/c24-16-23-13-6-9-18(23)15-22(14-11-17-7-2-1-3-8-17)20(25)19-10-4-5-12-21-19/h1-5,7-8,10,12,16,18H,6,9,11,13-15H2. The summed E-state index contributed by atoms with van der Waals surface area (Å²) in [5.74, 6) is -0.0747. The van der Waals surface area contributed by atoms with Gasteiger partial charge < -0.3 is 9.80 Å². The molecular formula is C20H23N3O2. The Hall–Kier alpha value is -2.69. The van der Waals surface area contributed by atoms with Crippen molar-refractivity contribution in [2.24, 2.45) is 0 Å². The maximum absolute atomic E-state index is 12.9. The highest BCUT2D eigenvalue weighted by atomic mass is 16.2. The lowest BCUT2D eigenvalue weighted by molar-refractivity contribution is -0.119. The SMILES string of the molecule is O=CN1CCCC1CN(CCc1ccccc1)C(=O)c1ccccn1. The van der Waals surface area contributed by atoms with Gasteiger partial charge in [-0.2, -0.15) is 0 Å². The molecule has 0 spiro atoms. The van der Waals surface area contributed by atoms with Crippen LogP contribution in [0.1, 0.15) is 28.9 Å². The second-order valence-corrected chi connectivity index (χ2v) is 6.34. The fourth-order valence-electron chi connectivity index (χ4n) is 3.28. The summed E-state index contributed by atoms with van der Waals surface area (Å²) < 4.78 is 0. The van der Waals surface area contributed by atoms with Crippen LogP contribution in [0.5, 0.6) is 0 Å². The summed E-state index contributed by atoms with van der Waals surface area (Å²) >= 11 is 0. The molecule has 1 saturated heterocycles. The van der Waals surface area contributed by atoms with Crippen LogP contribution in [-0.4, -0.2) is 52.8 Å². The number of likely N-dealkylation sites (tertiary alicyclic amines) is 1. The fraction of sp³-hybridized carbons (Fsp3) is 0.350. The van der Waals surface area contributed by atoms with E-state index in [1.807, 2.05) is 29.2 Å². The molecule has 1 aromatic heterocycles. The molecule has 0 bridgehead atoms. The monoisotopic (exact) mass is 337 g/mol. The van der Waals surface area contributed by atoms with Crippen molar-refractivity contribution < 1.29 is 9.59 Å². The number of hydrogen-bond donors (Lipinski definition) is 0. The van der Waals surface area contributed by atoms with Crippen molar-refractivity contribution in [1.29, 1.82) is 0 Å². The number of aromatic nitrogens is 1. The molecule has 0 saturated carbocycles. The minimum absolute atomic E-state index is 0.0747. The van der Waals surface area contributed by atoms with Gasteiger partial charge in [0.05, 0.1) is 0 Å². The largest absolute Gasteiger partial charge is 0.340 e. The Morgan fingerprint density at radius 2 is 2.00 bits per heavy atom. The van der Waals surface area contributed by atoms with E-state index in [2.05, 4.69) is 17.1 Å². The van der Waals surface area contributed by atoms with Gasteiger partial charge in [0.1, 0.15) is 5.69 Å². The Morgan fingerprint density at radius 3 is 2.72 bits per heavy atom. The summed E-state index contributed by atoms with van der Waals surface area (Å²) in [6.07, 6.45) is 5.26. The number of nitrogens with zero attached hydrogens (tertiary/aromatic N) is 3. The van der Waals surface area contributed by atoms with E-state index >= 15 is 0 Å². The van der Waals surface area contributed by atoms with Crippen molar-refractivity contribution in [2.75, 3.05) is 19.6 Å². The number of benzene rings is 1. The molecule has 2 aromatic rings. The summed E-state index contributed by atoms with van der Waals surface area (Å²) in [6.45, 7) is 1.95. The van der Waals surface area contributed by atoms with Crippen LogP contribution in [0.4, 0.5) is 0 Å². The van der Waals surface area contributed by atoms with Crippen LogP contribution in [0.2, 0.25) is 0 Å². The fourth-order valence-corrected chi connectivity index (χ4v) is 3.28. The highest BCUT2D eigenvalue weighted by Gasteiger charge is 2.27. The van der Waals surface area contributed by atoms with Gasteiger partial charge in [-0.25, -0.2) is 0 Å². The summed E-state index contributed by atoms with van der Waals surface area (Å²) in [5, 5.41) is 0. The third-order valence-corrected chi connectivity index (χ3v) is 4.67. The molecular weight excluding hydrogens is 314 g/mol. The molecule has 130 valence electrons. The normalized spacial score (nSPS) is 16.6. The first-order valence-corrected chi connectivity index (χ1v) is 8.73. The maximum Gasteiger partial charge on any atom is 0.272 e. The van der Waals surface area contributed by atoms with Crippen LogP contribution in [0.15, 0.2) is 54.7 Å². The molecule has 5 nitrogen and oxygen atoms in total. The number of pyridine rings is 1. The number of rotatable bonds is 7. The van der Waals surface area contributed by atoms with Crippen molar-refractivity contribution in [1.82, 2.24) is 14.8 Å². The summed E-state index contributed by atoms with van der Waals surface area (Å²) in [4.78, 5) is 32.0. The highest BCUT2D eigenvalue weighted by molar-refractivity contribution is 5.92. The van der Waals surface area contributed by atoms with Crippen molar-refractivity contribution in [3.05, 3.63) is 66.0 Å². The zero-order valence-corrected chi connectivity index (χ0v) is 14.3. The van der Waals surface area contributed by atoms with E-state index in [9.17, 15) is 9.59 Å². The summed E-state index contributed by atoms with van der Waals surface area (Å²) in [5.41, 5.74) is 1.64. The van der Waals surface area contributed by atoms with Crippen LogP contribution in [0.25, 0.3) is 0 Å². The van der Waals surface area contributed by atoms with E-state index < -0.39 is 0 Å². The number of carbonyl (C=O) groups excluding carboxylic acids is 2. The Kier molecular flexibility index (Phi) is 5.77. The van der Waals surface area contributed by atoms with E-state index in [1.165, 1.54) is 5.56 Å². The molecule has 25 heavy (non-hydrogen) atoms. The number of hydrogen-bond acceptors (Lipinski definition) is 3. The van der Waals surface area contributed by atoms with Gasteiger partial charge in [-0.15, -0.1) is 0 Å². The smallest absolute Gasteiger partial charge is 0.272 e. The van der Waals surface area contributed by atoms with Gasteiger partial charge in [-0.05, 0) is 37.0 Å². The van der Waals surface area contributed by atoms with Crippen molar-refractivity contribution in [3.63, 3.8) is 0 Å². The molecule has 1 fully saturated rings. The van der Waals surface area contributed by atoms with E-state index in [-0.39, 0.29) is 11.9 Å². The third kappa shape index (κ3) is 4.44. The predicted octanol–water partition coefficient (Wildman–Crippen LogP) is 2.39. The molecule has 1 unspecified atom stereocenters. The first-order valence-electron chi connectivity index (χ1n) is 8.73. The van der Waals surface area contributed by atoms with Crippen LogP contribution in [0.3, 0.4) is 0 Å². The maximum atomic E-state index is 12.9. The number of amides is 2. The van der Waals surface area contributed by atoms with Crippen molar-refractivity contribution in [3.8, 4) is 0 Å². The summed E-state index contributed by atoms with van der Waals surface area (Å²) in [7, 11) is 0. The zero-order chi connectivity index (χ0) is 17.5. The van der Waals surface area contributed by atoms with E-state index in [0.717, 1.165) is 32.2 Å². The van der Waals surface area contributed by atoms with Gasteiger partial charge >= 0.3 is 0 Å². The summed E-state index contributed by atoms with van der Waals surface area (Å²) in [6, 6.07) is 15.6. The Bertz CT molecular complexity index is 691. The Balaban J connectivity index is 1.73. The molecule has 2 amide bonds. The average molecular weight is 337 g/mol. The lowest BCUT2D eigenvalue weighted by atomic mass is 10.1. The molecule has 3 rings (SSSR count). The molecule has 0 radical (unpaired) electrons. The van der Waals surface area contributed by atoms with E-state index in [4.69, 9.17) is 0 Å². The van der Waals surface area contributed by atoms with Crippen molar-refractivity contribution >= 4 is 12.3 Å². The van der Waals surface area contributed by atoms with Gasteiger partial charge in [-0.3, -0.25) is 14.6 Å². The molecule has 0 aliphatic carbocycles. The Labute approximate surface area is 148 Å². The zero-order valence-electron chi connectivity index (χ0n) is 14.3. The molecule has 1 aliphatic rings. The molecule has 0 N–H and O–H groups in total. The quantitative estimate of drug-likeness (QED) is 0.729. The van der Waals surface area contributed by atoms with E-state index in [1.54, 1.807) is 23.2 Å². The van der Waals surface area contributed by atoms with Gasteiger partial charge in [-0.1, -0.05) is 36.4 Å². The topological polar surface area (TPSA) is 53.5 Å². The molecule has 2 heterocycles. The average Bonchev–Trinajstić information content (AvgIpc) is 3.13. The lowest BCUT2D eigenvalue weighted by Crippen LogP contribution is -2.43. The Morgan fingerprint density at radius 1 is 1.20 bits per heavy atom. The first kappa shape index (κ1) is 17.1. The molecule has 1 atom stereocenters. The number of carbonyl (C=O) groups is 2. The first-order chi connectivity index (χ1) is 12.3. The van der Waals surface area contributed by atoms with Crippen LogP contribution >= 0.6 is 0 Å². The second-order valence-electron chi connectivity index (χ2n) is 6.34. The second kappa shape index (κ2) is 8.42. The van der Waals surface area contributed by atoms with Gasteiger partial charge in [0.25, 0.3) is 5.91 Å². The van der Waals surface area contributed by atoms with Crippen LogP contribution in [-0.2, 0) is 11.2 Å². The van der Waals surface area contributed by atoms with Gasteiger partial charge in [0.2, 0.25) is 6.41 Å². The minimum atomic E-state index is -0.0747. The molecule has 5 heteroatoms. The molecule has 1 aliphatic heterocycles. The minimum Gasteiger partial charge on any atom is -0.340 e.